The molecule has 5 heteroatoms. The number of nitrogens with one attached hydrogen (secondary N) is 1. The van der Waals surface area contributed by atoms with Gasteiger partial charge in [0.2, 0.25) is 0 Å². The number of benzene rings is 1. The highest BCUT2D eigenvalue weighted by Gasteiger charge is 2.02. The van der Waals surface area contributed by atoms with Crippen LogP contribution in [0.3, 0.4) is 0 Å². The third-order valence-corrected chi connectivity index (χ3v) is 2.54. The standard InChI is InChI=1S/C15H25N3O2/c1-11(2)20-14-7-5-13(6-8-14)9-17-15(16)18-12(3)10-19-4/h5-8,11-12H,9-10H2,1-4H3,(H3,16,17,18). The number of rotatable bonds is 7. The summed E-state index contributed by atoms with van der Waals surface area (Å²) in [5.74, 6) is 1.30. The highest BCUT2D eigenvalue weighted by Crippen LogP contribution is 2.14. The molecule has 5 nitrogen and oxygen atoms in total. The van der Waals surface area contributed by atoms with E-state index in [0.717, 1.165) is 11.3 Å². The van der Waals surface area contributed by atoms with E-state index in [2.05, 4.69) is 10.3 Å². The van der Waals surface area contributed by atoms with E-state index in [9.17, 15) is 0 Å². The molecule has 1 rings (SSSR count). The molecule has 112 valence electrons. The van der Waals surface area contributed by atoms with Gasteiger partial charge in [0.05, 0.1) is 19.3 Å². The quantitative estimate of drug-likeness (QED) is 0.591. The molecule has 0 saturated carbocycles. The van der Waals surface area contributed by atoms with Crippen molar-refractivity contribution in [1.82, 2.24) is 5.32 Å². The molecule has 1 unspecified atom stereocenters. The highest BCUT2D eigenvalue weighted by atomic mass is 16.5. The van der Waals surface area contributed by atoms with E-state index in [4.69, 9.17) is 15.2 Å². The first-order chi connectivity index (χ1) is 9.51. The van der Waals surface area contributed by atoms with E-state index in [-0.39, 0.29) is 12.1 Å². The molecule has 0 spiro atoms. The van der Waals surface area contributed by atoms with Crippen molar-refractivity contribution in [2.45, 2.75) is 39.5 Å². The fourth-order valence-electron chi connectivity index (χ4n) is 1.71. The lowest BCUT2D eigenvalue weighted by atomic mass is 10.2. The smallest absolute Gasteiger partial charge is 0.189 e. The molecule has 0 amide bonds. The second kappa shape index (κ2) is 8.43. The predicted molar refractivity (Wildman–Crippen MR) is 82.0 cm³/mol. The van der Waals surface area contributed by atoms with Gasteiger partial charge < -0.3 is 20.5 Å². The largest absolute Gasteiger partial charge is 0.491 e. The van der Waals surface area contributed by atoms with Gasteiger partial charge in [-0.05, 0) is 38.5 Å². The van der Waals surface area contributed by atoms with Crippen molar-refractivity contribution in [2.24, 2.45) is 10.7 Å². The van der Waals surface area contributed by atoms with Gasteiger partial charge in [0, 0.05) is 13.2 Å². The average Bonchev–Trinajstić information content (AvgIpc) is 2.37. The first-order valence-electron chi connectivity index (χ1n) is 6.82. The van der Waals surface area contributed by atoms with Gasteiger partial charge in [-0.1, -0.05) is 12.1 Å². The predicted octanol–water partition coefficient (Wildman–Crippen LogP) is 1.91. The van der Waals surface area contributed by atoms with E-state index in [0.29, 0.717) is 19.1 Å². The Balaban J connectivity index is 2.48. The Morgan fingerprint density at radius 1 is 1.25 bits per heavy atom. The SMILES string of the molecule is COCC(C)NC(N)=NCc1ccc(OC(C)C)cc1. The molecule has 0 aliphatic rings. The fraction of sp³-hybridized carbons (Fsp3) is 0.533. The van der Waals surface area contributed by atoms with Gasteiger partial charge in [-0.15, -0.1) is 0 Å². The molecule has 0 bridgehead atoms. The van der Waals surface area contributed by atoms with E-state index in [1.807, 2.05) is 45.0 Å². The topological polar surface area (TPSA) is 68.9 Å². The highest BCUT2D eigenvalue weighted by molar-refractivity contribution is 5.78. The summed E-state index contributed by atoms with van der Waals surface area (Å²) >= 11 is 0. The fourth-order valence-corrected chi connectivity index (χ4v) is 1.71. The Morgan fingerprint density at radius 3 is 2.45 bits per heavy atom. The van der Waals surface area contributed by atoms with Gasteiger partial charge in [0.25, 0.3) is 0 Å². The second-order valence-corrected chi connectivity index (χ2v) is 5.01. The van der Waals surface area contributed by atoms with Crippen LogP contribution in [0.5, 0.6) is 5.75 Å². The zero-order valence-electron chi connectivity index (χ0n) is 12.7. The Morgan fingerprint density at radius 2 is 1.90 bits per heavy atom. The van der Waals surface area contributed by atoms with Crippen molar-refractivity contribution in [1.29, 1.82) is 0 Å². The number of ether oxygens (including phenoxy) is 2. The first-order valence-corrected chi connectivity index (χ1v) is 6.82. The molecule has 0 radical (unpaired) electrons. The van der Waals surface area contributed by atoms with Crippen LogP contribution < -0.4 is 15.8 Å². The molecule has 0 aliphatic heterocycles. The van der Waals surface area contributed by atoms with E-state index < -0.39 is 0 Å². The number of hydrogen-bond acceptors (Lipinski definition) is 3. The van der Waals surface area contributed by atoms with Crippen molar-refractivity contribution in [2.75, 3.05) is 13.7 Å². The number of aliphatic imine (C=N–C) groups is 1. The molecular formula is C15H25N3O2. The summed E-state index contributed by atoms with van der Waals surface area (Å²) < 4.78 is 10.6. The summed E-state index contributed by atoms with van der Waals surface area (Å²) in [4.78, 5) is 4.29. The average molecular weight is 279 g/mol. The summed E-state index contributed by atoms with van der Waals surface area (Å²) in [5, 5.41) is 3.07. The number of guanidine groups is 1. The first kappa shape index (κ1) is 16.3. The lowest BCUT2D eigenvalue weighted by Crippen LogP contribution is -2.40. The van der Waals surface area contributed by atoms with Crippen LogP contribution in [0, 0.1) is 0 Å². The van der Waals surface area contributed by atoms with Crippen molar-refractivity contribution in [3.63, 3.8) is 0 Å². The van der Waals surface area contributed by atoms with Gasteiger partial charge >= 0.3 is 0 Å². The monoisotopic (exact) mass is 279 g/mol. The maximum absolute atomic E-state index is 5.81. The summed E-state index contributed by atoms with van der Waals surface area (Å²) in [5.41, 5.74) is 6.90. The minimum absolute atomic E-state index is 0.144. The van der Waals surface area contributed by atoms with Crippen LogP contribution >= 0.6 is 0 Å². The Labute approximate surface area is 121 Å². The minimum atomic E-state index is 0.144. The number of methoxy groups -OCH3 is 1. The maximum atomic E-state index is 5.81. The van der Waals surface area contributed by atoms with Crippen molar-refractivity contribution >= 4 is 5.96 Å². The molecule has 1 aromatic rings. The van der Waals surface area contributed by atoms with Gasteiger partial charge in [0.1, 0.15) is 5.75 Å². The molecule has 0 saturated heterocycles. The number of nitrogens with zero attached hydrogens (tertiary/aromatic N) is 1. The zero-order valence-corrected chi connectivity index (χ0v) is 12.7. The van der Waals surface area contributed by atoms with Crippen LogP contribution in [0.1, 0.15) is 26.3 Å². The van der Waals surface area contributed by atoms with Crippen molar-refractivity contribution < 1.29 is 9.47 Å². The lowest BCUT2D eigenvalue weighted by Gasteiger charge is -2.13. The zero-order chi connectivity index (χ0) is 15.0. The third-order valence-electron chi connectivity index (χ3n) is 2.54. The van der Waals surface area contributed by atoms with Gasteiger partial charge in [-0.2, -0.15) is 0 Å². The molecule has 0 heterocycles. The van der Waals surface area contributed by atoms with Gasteiger partial charge in [0.15, 0.2) is 5.96 Å². The molecule has 0 aromatic heterocycles. The number of hydrogen-bond donors (Lipinski definition) is 2. The molecule has 1 atom stereocenters. The van der Waals surface area contributed by atoms with Crippen LogP contribution in [-0.2, 0) is 11.3 Å². The summed E-state index contributed by atoms with van der Waals surface area (Å²) in [7, 11) is 1.66. The molecule has 3 N–H and O–H groups in total. The molecule has 20 heavy (non-hydrogen) atoms. The van der Waals surface area contributed by atoms with E-state index in [1.165, 1.54) is 0 Å². The molecule has 1 aromatic carbocycles. The lowest BCUT2D eigenvalue weighted by molar-refractivity contribution is 0.179. The van der Waals surface area contributed by atoms with Crippen LogP contribution in [0.15, 0.2) is 29.3 Å². The summed E-state index contributed by atoms with van der Waals surface area (Å²) in [6.07, 6.45) is 0.181. The van der Waals surface area contributed by atoms with Crippen LogP contribution in [0.2, 0.25) is 0 Å². The Kier molecular flexibility index (Phi) is 6.87. The van der Waals surface area contributed by atoms with Gasteiger partial charge in [-0.25, -0.2) is 4.99 Å². The Bertz CT molecular complexity index is 416. The molecule has 0 aliphatic carbocycles. The van der Waals surface area contributed by atoms with Crippen LogP contribution in [0.4, 0.5) is 0 Å². The molecular weight excluding hydrogens is 254 g/mol. The maximum Gasteiger partial charge on any atom is 0.189 e. The summed E-state index contributed by atoms with van der Waals surface area (Å²) in [6, 6.07) is 8.02. The third kappa shape index (κ3) is 6.43. The van der Waals surface area contributed by atoms with E-state index in [1.54, 1.807) is 7.11 Å². The summed E-state index contributed by atoms with van der Waals surface area (Å²) in [6.45, 7) is 7.14. The van der Waals surface area contributed by atoms with Gasteiger partial charge in [-0.3, -0.25) is 0 Å². The van der Waals surface area contributed by atoms with Crippen LogP contribution in [0.25, 0.3) is 0 Å². The second-order valence-electron chi connectivity index (χ2n) is 5.01. The molecule has 0 fully saturated rings. The number of nitrogens with two attached hydrogens (primary N) is 1. The Hall–Kier alpha value is -1.75. The minimum Gasteiger partial charge on any atom is -0.491 e. The van der Waals surface area contributed by atoms with Crippen LogP contribution in [-0.4, -0.2) is 31.8 Å². The normalized spacial score (nSPS) is 13.3. The van der Waals surface area contributed by atoms with E-state index >= 15 is 0 Å². The van der Waals surface area contributed by atoms with Crippen molar-refractivity contribution in [3.05, 3.63) is 29.8 Å². The van der Waals surface area contributed by atoms with Crippen molar-refractivity contribution in [3.8, 4) is 5.75 Å².